The highest BCUT2D eigenvalue weighted by Gasteiger charge is 1.99. The first-order valence-corrected chi connectivity index (χ1v) is 8.64. The molecule has 0 radical (unpaired) electrons. The molecule has 0 aromatic carbocycles. The molecule has 3 nitrogen and oxygen atoms in total. The fourth-order valence-electron chi connectivity index (χ4n) is 2.08. The van der Waals surface area contributed by atoms with Crippen LogP contribution in [-0.4, -0.2) is 6.61 Å². The molecule has 1 atom stereocenters. The molecule has 0 aliphatic heterocycles. The summed E-state index contributed by atoms with van der Waals surface area (Å²) >= 11 is 0. The highest BCUT2D eigenvalue weighted by molar-refractivity contribution is 7.30. The lowest BCUT2D eigenvalue weighted by Crippen LogP contribution is -1.93. The van der Waals surface area contributed by atoms with E-state index < -0.39 is 8.25 Å². The van der Waals surface area contributed by atoms with Crippen molar-refractivity contribution in [2.45, 2.75) is 84.0 Å². The molecule has 0 saturated heterocycles. The number of unbranched alkanes of at least 4 members (excludes halogenated alkanes) is 11. The molecule has 0 N–H and O–H groups in total. The van der Waals surface area contributed by atoms with Crippen LogP contribution in [0.25, 0.3) is 0 Å². The Morgan fingerprint density at radius 1 is 0.778 bits per heavy atom. The van der Waals surface area contributed by atoms with Crippen LogP contribution in [0.4, 0.5) is 0 Å². The molecule has 0 heterocycles. The summed E-state index contributed by atoms with van der Waals surface area (Å²) in [6.07, 6.45) is 15.4. The fraction of sp³-hybridized carbons (Fsp3) is 1.00. The lowest BCUT2D eigenvalue weighted by Gasteiger charge is -2.02. The van der Waals surface area contributed by atoms with Gasteiger partial charge in [-0.15, -0.1) is 4.52 Å². The molecule has 0 amide bonds. The molecular weight excluding hydrogens is 247 g/mol. The molecule has 0 aromatic rings. The zero-order chi connectivity index (χ0) is 13.5. The maximum absolute atomic E-state index is 10.1. The van der Waals surface area contributed by atoms with Gasteiger partial charge in [0.25, 0.3) is 0 Å². The summed E-state index contributed by atoms with van der Waals surface area (Å²) in [7, 11) is -2.64. The Morgan fingerprint density at radius 2 is 1.17 bits per heavy atom. The van der Waals surface area contributed by atoms with Gasteiger partial charge in [-0.3, -0.25) is 0 Å². The first-order chi connectivity index (χ1) is 8.77. The zero-order valence-corrected chi connectivity index (χ0v) is 12.8. The van der Waals surface area contributed by atoms with Crippen molar-refractivity contribution in [2.24, 2.45) is 0 Å². The first-order valence-electron chi connectivity index (χ1n) is 7.54. The Bertz CT molecular complexity index is 186. The van der Waals surface area contributed by atoms with Crippen LogP contribution in [-0.2, 0) is 9.09 Å². The molecule has 0 bridgehead atoms. The number of hydrogen-bond acceptors (Lipinski definition) is 3. The van der Waals surface area contributed by atoms with Crippen LogP contribution in [0.2, 0.25) is 0 Å². The predicted octanol–water partition coefficient (Wildman–Crippen LogP) is 4.72. The molecule has 0 aromatic heterocycles. The summed E-state index contributed by atoms with van der Waals surface area (Å²) < 4.78 is 14.6. The fourth-order valence-corrected chi connectivity index (χ4v) is 2.36. The van der Waals surface area contributed by atoms with Gasteiger partial charge < -0.3 is 4.89 Å². The van der Waals surface area contributed by atoms with E-state index in [-0.39, 0.29) is 0 Å². The molecule has 0 aliphatic carbocycles. The van der Waals surface area contributed by atoms with Crippen LogP contribution < -0.4 is 4.89 Å². The molecular formula is C14H29O3P. The van der Waals surface area contributed by atoms with Crippen molar-refractivity contribution in [3.63, 3.8) is 0 Å². The molecule has 4 heteroatoms. The van der Waals surface area contributed by atoms with E-state index in [1.165, 1.54) is 64.2 Å². The second-order valence-electron chi connectivity index (χ2n) is 4.95. The second kappa shape index (κ2) is 15.1. The molecule has 108 valence electrons. The summed E-state index contributed by atoms with van der Waals surface area (Å²) in [6, 6.07) is 0. The van der Waals surface area contributed by atoms with Crippen LogP contribution in [0, 0.1) is 0 Å². The average molecular weight is 276 g/mol. The smallest absolute Gasteiger partial charge is 0.488 e. The SMILES string of the molecule is CCCCCCCCCCCCCCO[P+](=O)[O-]. The van der Waals surface area contributed by atoms with E-state index in [0.29, 0.717) is 6.61 Å². The quantitative estimate of drug-likeness (QED) is 0.340. The molecule has 0 fully saturated rings. The van der Waals surface area contributed by atoms with Crippen molar-refractivity contribution in [2.75, 3.05) is 6.61 Å². The summed E-state index contributed by atoms with van der Waals surface area (Å²) in [5.74, 6) is 0. The summed E-state index contributed by atoms with van der Waals surface area (Å²) in [6.45, 7) is 2.61. The second-order valence-corrected chi connectivity index (χ2v) is 5.65. The van der Waals surface area contributed by atoms with Crippen molar-refractivity contribution < 1.29 is 14.0 Å². The standard InChI is InChI=1S/C14H29O3P/c1-2-3-4-5-6-7-8-9-10-11-12-13-14-17-18(15)16/h2-14H2,1H3. The van der Waals surface area contributed by atoms with E-state index in [1.54, 1.807) is 0 Å². The summed E-state index contributed by atoms with van der Waals surface area (Å²) in [5.41, 5.74) is 0. The monoisotopic (exact) mass is 276 g/mol. The van der Waals surface area contributed by atoms with Gasteiger partial charge in [-0.25, -0.2) is 0 Å². The van der Waals surface area contributed by atoms with Crippen molar-refractivity contribution >= 4 is 8.25 Å². The Kier molecular flexibility index (Phi) is 15.1. The topological polar surface area (TPSA) is 49.4 Å². The number of hydrogen-bond donors (Lipinski definition) is 0. The van der Waals surface area contributed by atoms with Crippen molar-refractivity contribution in [3.8, 4) is 0 Å². The summed E-state index contributed by atoms with van der Waals surface area (Å²) in [5, 5.41) is 0. The predicted molar refractivity (Wildman–Crippen MR) is 74.6 cm³/mol. The normalized spacial score (nSPS) is 11.8. The van der Waals surface area contributed by atoms with Gasteiger partial charge in [0.05, 0.1) is 0 Å². The average Bonchev–Trinajstić information content (AvgIpc) is 2.34. The van der Waals surface area contributed by atoms with E-state index in [4.69, 9.17) is 0 Å². The third kappa shape index (κ3) is 16.0. The number of rotatable bonds is 14. The van der Waals surface area contributed by atoms with Crippen LogP contribution in [0.3, 0.4) is 0 Å². The minimum absolute atomic E-state index is 0.357. The van der Waals surface area contributed by atoms with E-state index in [9.17, 15) is 9.46 Å². The van der Waals surface area contributed by atoms with Crippen LogP contribution in [0.5, 0.6) is 0 Å². The van der Waals surface area contributed by atoms with Gasteiger partial charge in [-0.1, -0.05) is 77.6 Å². The van der Waals surface area contributed by atoms with Gasteiger partial charge in [0.15, 0.2) is 0 Å². The Balaban J connectivity index is 2.92. The molecule has 0 aliphatic rings. The minimum Gasteiger partial charge on any atom is -0.566 e. The van der Waals surface area contributed by atoms with Gasteiger partial charge in [0, 0.05) is 0 Å². The lowest BCUT2D eigenvalue weighted by atomic mass is 10.1. The maximum atomic E-state index is 10.1. The van der Waals surface area contributed by atoms with Gasteiger partial charge >= 0.3 is 8.25 Å². The lowest BCUT2D eigenvalue weighted by molar-refractivity contribution is -0.185. The molecule has 0 spiro atoms. The van der Waals surface area contributed by atoms with Gasteiger partial charge in [0.2, 0.25) is 0 Å². The van der Waals surface area contributed by atoms with E-state index in [2.05, 4.69) is 11.4 Å². The maximum Gasteiger partial charge on any atom is 0.488 e. The Labute approximate surface area is 113 Å². The van der Waals surface area contributed by atoms with E-state index in [0.717, 1.165) is 12.8 Å². The van der Waals surface area contributed by atoms with Gasteiger partial charge in [-0.05, 0) is 11.0 Å². The Hall–Kier alpha value is 0.0200. The molecule has 0 rings (SSSR count). The van der Waals surface area contributed by atoms with Crippen molar-refractivity contribution in [3.05, 3.63) is 0 Å². The molecule has 1 unspecified atom stereocenters. The largest absolute Gasteiger partial charge is 0.566 e. The van der Waals surface area contributed by atoms with E-state index in [1.807, 2.05) is 0 Å². The van der Waals surface area contributed by atoms with Crippen LogP contribution in [0.15, 0.2) is 0 Å². The highest BCUT2D eigenvalue weighted by Crippen LogP contribution is 2.13. The van der Waals surface area contributed by atoms with Crippen molar-refractivity contribution in [1.29, 1.82) is 0 Å². The third-order valence-electron chi connectivity index (χ3n) is 3.19. The van der Waals surface area contributed by atoms with E-state index >= 15 is 0 Å². The van der Waals surface area contributed by atoms with Gasteiger partial charge in [0.1, 0.15) is 6.61 Å². The highest BCUT2D eigenvalue weighted by atomic mass is 31.1. The minimum atomic E-state index is -2.64. The molecule has 18 heavy (non-hydrogen) atoms. The van der Waals surface area contributed by atoms with Crippen LogP contribution >= 0.6 is 8.25 Å². The zero-order valence-electron chi connectivity index (χ0n) is 11.9. The molecule has 0 saturated carbocycles. The van der Waals surface area contributed by atoms with Gasteiger partial charge in [-0.2, -0.15) is 0 Å². The first kappa shape index (κ1) is 18.0. The third-order valence-corrected chi connectivity index (χ3v) is 3.59. The van der Waals surface area contributed by atoms with Crippen LogP contribution in [0.1, 0.15) is 84.0 Å². The van der Waals surface area contributed by atoms with Crippen molar-refractivity contribution in [1.82, 2.24) is 0 Å². The Morgan fingerprint density at radius 3 is 1.56 bits per heavy atom. The summed E-state index contributed by atoms with van der Waals surface area (Å²) in [4.78, 5) is 10.1.